The average Bonchev–Trinajstić information content (AvgIpc) is 2.67. The number of nitrogens with zero attached hydrogens (tertiary/aromatic N) is 1. The molecule has 27 heavy (non-hydrogen) atoms. The van der Waals surface area contributed by atoms with Crippen molar-refractivity contribution >= 4 is 17.7 Å². The molecule has 0 atom stereocenters. The van der Waals surface area contributed by atoms with Gasteiger partial charge in [-0.05, 0) is 54.8 Å². The Hall–Kier alpha value is -2.95. The molecular weight excluding hydrogens is 343 g/mol. The van der Waals surface area contributed by atoms with E-state index in [4.69, 9.17) is 4.74 Å². The first-order valence-electron chi connectivity index (χ1n) is 9.06. The van der Waals surface area contributed by atoms with E-state index < -0.39 is 0 Å². The number of aliphatic imine (C=N–C) groups is 1. The van der Waals surface area contributed by atoms with Gasteiger partial charge in [-0.3, -0.25) is 9.79 Å². The molecule has 1 amide bonds. The largest absolute Gasteiger partial charge is 0.494 e. The van der Waals surface area contributed by atoms with E-state index in [1.807, 2.05) is 44.2 Å². The molecule has 0 saturated carbocycles. The van der Waals surface area contributed by atoms with E-state index in [0.29, 0.717) is 19.6 Å². The van der Waals surface area contributed by atoms with Gasteiger partial charge in [-0.25, -0.2) is 4.39 Å². The molecule has 0 aliphatic carbocycles. The second-order valence-electron chi connectivity index (χ2n) is 5.95. The van der Waals surface area contributed by atoms with Gasteiger partial charge in [0.1, 0.15) is 11.6 Å². The maximum atomic E-state index is 13.1. The van der Waals surface area contributed by atoms with Crippen LogP contribution >= 0.6 is 0 Å². The molecule has 2 rings (SSSR count). The second-order valence-corrected chi connectivity index (χ2v) is 5.95. The van der Waals surface area contributed by atoms with Crippen molar-refractivity contribution in [3.8, 4) is 5.75 Å². The highest BCUT2D eigenvalue weighted by molar-refractivity contribution is 6.01. The quantitative estimate of drug-likeness (QED) is 0.649. The SMILES string of the molecule is CCOc1ccc(/C=C/N=C(\CC)CC(=O)NCc2cccc(F)c2)cc1. The number of carbonyl (C=O) groups is 1. The Kier molecular flexibility index (Phi) is 8.23. The Morgan fingerprint density at radius 3 is 2.63 bits per heavy atom. The van der Waals surface area contributed by atoms with Crippen molar-refractivity contribution in [3.63, 3.8) is 0 Å². The van der Waals surface area contributed by atoms with Crippen molar-refractivity contribution in [3.05, 3.63) is 71.7 Å². The molecule has 0 heterocycles. The molecule has 2 aromatic carbocycles. The minimum absolute atomic E-state index is 0.130. The van der Waals surface area contributed by atoms with Gasteiger partial charge in [0, 0.05) is 18.5 Å². The molecule has 0 radical (unpaired) electrons. The van der Waals surface area contributed by atoms with E-state index >= 15 is 0 Å². The highest BCUT2D eigenvalue weighted by atomic mass is 19.1. The lowest BCUT2D eigenvalue weighted by Gasteiger charge is -2.06. The summed E-state index contributed by atoms with van der Waals surface area (Å²) in [7, 11) is 0. The van der Waals surface area contributed by atoms with Gasteiger partial charge in [0.2, 0.25) is 5.91 Å². The van der Waals surface area contributed by atoms with Crippen LogP contribution in [-0.4, -0.2) is 18.2 Å². The number of halogens is 1. The van der Waals surface area contributed by atoms with Crippen LogP contribution in [0, 0.1) is 5.82 Å². The van der Waals surface area contributed by atoms with Crippen LogP contribution in [0.2, 0.25) is 0 Å². The monoisotopic (exact) mass is 368 g/mol. The number of nitrogens with one attached hydrogen (secondary N) is 1. The molecule has 0 bridgehead atoms. The van der Waals surface area contributed by atoms with Crippen LogP contribution < -0.4 is 10.1 Å². The summed E-state index contributed by atoms with van der Waals surface area (Å²) in [4.78, 5) is 16.5. The summed E-state index contributed by atoms with van der Waals surface area (Å²) in [6.45, 7) is 4.85. The van der Waals surface area contributed by atoms with Crippen LogP contribution in [0.15, 0.2) is 59.7 Å². The van der Waals surface area contributed by atoms with Gasteiger partial charge in [-0.2, -0.15) is 0 Å². The molecule has 4 nitrogen and oxygen atoms in total. The molecular formula is C22H25FN2O2. The number of carbonyl (C=O) groups excluding carboxylic acids is 1. The van der Waals surface area contributed by atoms with Crippen molar-refractivity contribution in [1.29, 1.82) is 0 Å². The van der Waals surface area contributed by atoms with E-state index in [-0.39, 0.29) is 18.1 Å². The fourth-order valence-corrected chi connectivity index (χ4v) is 2.43. The van der Waals surface area contributed by atoms with Gasteiger partial charge in [-0.1, -0.05) is 31.2 Å². The summed E-state index contributed by atoms with van der Waals surface area (Å²) >= 11 is 0. The van der Waals surface area contributed by atoms with Crippen LogP contribution in [0.5, 0.6) is 5.75 Å². The van der Waals surface area contributed by atoms with Gasteiger partial charge in [0.15, 0.2) is 0 Å². The van der Waals surface area contributed by atoms with Crippen LogP contribution in [0.4, 0.5) is 4.39 Å². The number of hydrogen-bond acceptors (Lipinski definition) is 3. The van der Waals surface area contributed by atoms with E-state index in [0.717, 1.165) is 22.6 Å². The van der Waals surface area contributed by atoms with Crippen LogP contribution in [0.1, 0.15) is 37.8 Å². The number of amides is 1. The van der Waals surface area contributed by atoms with Crippen molar-refractivity contribution < 1.29 is 13.9 Å². The van der Waals surface area contributed by atoms with E-state index in [1.54, 1.807) is 18.3 Å². The van der Waals surface area contributed by atoms with Crippen LogP contribution in [-0.2, 0) is 11.3 Å². The zero-order valence-corrected chi connectivity index (χ0v) is 15.7. The topological polar surface area (TPSA) is 50.7 Å². The van der Waals surface area contributed by atoms with Gasteiger partial charge in [0.05, 0.1) is 13.0 Å². The third-order valence-corrected chi connectivity index (χ3v) is 3.87. The number of benzene rings is 2. The van der Waals surface area contributed by atoms with Crippen LogP contribution in [0.25, 0.3) is 6.08 Å². The summed E-state index contributed by atoms with van der Waals surface area (Å²) in [6.07, 6.45) is 4.49. The molecule has 0 aliphatic rings. The van der Waals surface area contributed by atoms with Crippen LogP contribution in [0.3, 0.4) is 0 Å². The predicted octanol–water partition coefficient (Wildman–Crippen LogP) is 4.75. The Balaban J connectivity index is 1.86. The molecule has 5 heteroatoms. The zero-order chi connectivity index (χ0) is 19.5. The van der Waals surface area contributed by atoms with Crippen molar-refractivity contribution in [2.75, 3.05) is 6.61 Å². The first kappa shape index (κ1) is 20.4. The first-order chi connectivity index (χ1) is 13.1. The van der Waals surface area contributed by atoms with Crippen molar-refractivity contribution in [1.82, 2.24) is 5.32 Å². The van der Waals surface area contributed by atoms with Gasteiger partial charge < -0.3 is 10.1 Å². The normalized spacial score (nSPS) is 11.6. The second kappa shape index (κ2) is 10.9. The van der Waals surface area contributed by atoms with Crippen molar-refractivity contribution in [2.45, 2.75) is 33.2 Å². The molecule has 0 spiro atoms. The fraction of sp³-hybridized carbons (Fsp3) is 0.273. The Labute approximate surface area is 159 Å². The number of hydrogen-bond donors (Lipinski definition) is 1. The smallest absolute Gasteiger partial charge is 0.225 e. The van der Waals surface area contributed by atoms with E-state index in [2.05, 4.69) is 10.3 Å². The Bertz CT molecular complexity index is 798. The first-order valence-corrected chi connectivity index (χ1v) is 9.06. The molecule has 142 valence electrons. The maximum Gasteiger partial charge on any atom is 0.225 e. The lowest BCUT2D eigenvalue weighted by Crippen LogP contribution is -2.25. The molecule has 0 saturated heterocycles. The highest BCUT2D eigenvalue weighted by Crippen LogP contribution is 2.13. The summed E-state index contributed by atoms with van der Waals surface area (Å²) in [5.74, 6) is 0.397. The molecule has 1 N–H and O–H groups in total. The third-order valence-electron chi connectivity index (χ3n) is 3.87. The minimum Gasteiger partial charge on any atom is -0.494 e. The molecule has 0 unspecified atom stereocenters. The lowest BCUT2D eigenvalue weighted by molar-refractivity contribution is -0.120. The van der Waals surface area contributed by atoms with Gasteiger partial charge in [0.25, 0.3) is 0 Å². The Morgan fingerprint density at radius 1 is 1.19 bits per heavy atom. The van der Waals surface area contributed by atoms with E-state index in [9.17, 15) is 9.18 Å². The number of rotatable bonds is 9. The highest BCUT2D eigenvalue weighted by Gasteiger charge is 2.06. The van der Waals surface area contributed by atoms with Gasteiger partial charge in [-0.15, -0.1) is 0 Å². The van der Waals surface area contributed by atoms with E-state index in [1.165, 1.54) is 12.1 Å². The fourth-order valence-electron chi connectivity index (χ4n) is 2.43. The molecule has 0 aromatic heterocycles. The number of ether oxygens (including phenoxy) is 1. The maximum absolute atomic E-state index is 13.1. The molecule has 0 fully saturated rings. The average molecular weight is 368 g/mol. The summed E-state index contributed by atoms with van der Waals surface area (Å²) in [5, 5.41) is 2.79. The van der Waals surface area contributed by atoms with Gasteiger partial charge >= 0.3 is 0 Å². The third kappa shape index (κ3) is 7.44. The molecule has 2 aromatic rings. The standard InChI is InChI=1S/C22H25FN2O2/c1-3-20(15-22(26)25-16-18-6-5-7-19(23)14-18)24-13-12-17-8-10-21(11-9-17)27-4-2/h5-14H,3-4,15-16H2,1-2H3,(H,25,26)/b13-12+,24-20+. The molecule has 0 aliphatic heterocycles. The Morgan fingerprint density at radius 2 is 1.96 bits per heavy atom. The summed E-state index contributed by atoms with van der Waals surface area (Å²) in [6, 6.07) is 13.9. The summed E-state index contributed by atoms with van der Waals surface area (Å²) in [5.41, 5.74) is 2.52. The summed E-state index contributed by atoms with van der Waals surface area (Å²) < 4.78 is 18.6. The zero-order valence-electron chi connectivity index (χ0n) is 15.7. The predicted molar refractivity (Wildman–Crippen MR) is 107 cm³/mol. The van der Waals surface area contributed by atoms with Crippen molar-refractivity contribution in [2.24, 2.45) is 4.99 Å². The lowest BCUT2D eigenvalue weighted by atomic mass is 10.2. The minimum atomic E-state index is -0.308.